The van der Waals surface area contributed by atoms with Crippen LogP contribution >= 0.6 is 0 Å². The second-order valence-corrected chi connectivity index (χ2v) is 12.4. The van der Waals surface area contributed by atoms with Crippen LogP contribution in [-0.4, -0.2) is 10.1 Å². The van der Waals surface area contributed by atoms with Crippen LogP contribution in [0.2, 0.25) is 0 Å². The van der Waals surface area contributed by atoms with Crippen LogP contribution in [0.1, 0.15) is 24.5 Å². The zero-order valence-corrected chi connectivity index (χ0v) is 25.2. The molecule has 214 valence electrons. The molecule has 6 aromatic carbocycles. The summed E-state index contributed by atoms with van der Waals surface area (Å²) < 4.78 is 2.38. The minimum atomic E-state index is -0.185. The average Bonchev–Trinajstić information content (AvgIpc) is 3.57. The van der Waals surface area contributed by atoms with E-state index in [1.807, 2.05) is 0 Å². The minimum Gasteiger partial charge on any atom is -0.331 e. The number of hydrogen-bond donors (Lipinski definition) is 0. The van der Waals surface area contributed by atoms with Crippen molar-refractivity contribution < 1.29 is 0 Å². The average molecular weight is 577 g/mol. The summed E-state index contributed by atoms with van der Waals surface area (Å²) in [4.78, 5) is 2.56. The first-order valence-corrected chi connectivity index (χ1v) is 15.8. The van der Waals surface area contributed by atoms with Crippen LogP contribution in [0.25, 0.3) is 49.8 Å². The van der Waals surface area contributed by atoms with Gasteiger partial charge in [-0.25, -0.2) is 0 Å². The quantitative estimate of drug-likeness (QED) is 0.202. The number of hydrogen-bond acceptors (Lipinski definition) is 1. The van der Waals surface area contributed by atoms with Gasteiger partial charge in [0.1, 0.15) is 0 Å². The summed E-state index contributed by atoms with van der Waals surface area (Å²) >= 11 is 0. The Kier molecular flexibility index (Phi) is 5.73. The molecule has 1 aromatic heterocycles. The van der Waals surface area contributed by atoms with Crippen molar-refractivity contribution in [1.29, 1.82) is 0 Å². The molecule has 1 aliphatic heterocycles. The summed E-state index contributed by atoms with van der Waals surface area (Å²) in [7, 11) is 0. The van der Waals surface area contributed by atoms with E-state index in [4.69, 9.17) is 0 Å². The van der Waals surface area contributed by atoms with Gasteiger partial charge in [0, 0.05) is 33.4 Å². The Hall–Kier alpha value is -5.60. The Morgan fingerprint density at radius 3 is 2.09 bits per heavy atom. The first-order valence-electron chi connectivity index (χ1n) is 15.8. The first kappa shape index (κ1) is 25.9. The molecule has 1 atom stereocenters. The second-order valence-electron chi connectivity index (χ2n) is 12.4. The molecule has 0 amide bonds. The normalized spacial score (nSPS) is 17.2. The maximum absolute atomic E-state index is 2.56. The molecule has 9 rings (SSSR count). The lowest BCUT2D eigenvalue weighted by Crippen LogP contribution is -2.40. The Labute approximate surface area is 263 Å². The highest BCUT2D eigenvalue weighted by molar-refractivity contribution is 6.11. The Bertz CT molecular complexity index is 2310. The van der Waals surface area contributed by atoms with E-state index < -0.39 is 0 Å². The van der Waals surface area contributed by atoms with Crippen molar-refractivity contribution in [1.82, 2.24) is 4.57 Å². The predicted octanol–water partition coefficient (Wildman–Crippen LogP) is 11.2. The number of aromatic nitrogens is 1. The third-order valence-corrected chi connectivity index (χ3v) is 9.76. The molecular formula is C43H32N2. The van der Waals surface area contributed by atoms with Crippen LogP contribution in [0.5, 0.6) is 0 Å². The van der Waals surface area contributed by atoms with Gasteiger partial charge < -0.3 is 9.47 Å². The maximum Gasteiger partial charge on any atom is 0.0716 e. The van der Waals surface area contributed by atoms with Crippen molar-refractivity contribution in [3.05, 3.63) is 175 Å². The zero-order valence-electron chi connectivity index (χ0n) is 25.2. The summed E-state index contributed by atoms with van der Waals surface area (Å²) in [5.41, 5.74) is 13.7. The van der Waals surface area contributed by atoms with E-state index in [9.17, 15) is 0 Å². The van der Waals surface area contributed by atoms with E-state index in [-0.39, 0.29) is 5.54 Å². The van der Waals surface area contributed by atoms with Crippen LogP contribution in [-0.2, 0) is 0 Å². The SMILES string of the molecule is CC12CC=C(c3ccc4c(c3)c3ccccc3n4-c3ccccc3)C=C1c1ccccc1N2c1cccc(-c2ccccc2)c1. The third kappa shape index (κ3) is 3.96. The lowest BCUT2D eigenvalue weighted by molar-refractivity contribution is 0.608. The molecule has 1 aliphatic carbocycles. The van der Waals surface area contributed by atoms with E-state index in [0.717, 1.165) is 6.42 Å². The van der Waals surface area contributed by atoms with Crippen LogP contribution < -0.4 is 4.90 Å². The van der Waals surface area contributed by atoms with Gasteiger partial charge in [-0.3, -0.25) is 0 Å². The number of allylic oxidation sites excluding steroid dienone is 2. The maximum atomic E-state index is 2.56. The van der Waals surface area contributed by atoms with E-state index >= 15 is 0 Å². The van der Waals surface area contributed by atoms with Gasteiger partial charge in [-0.15, -0.1) is 0 Å². The molecule has 45 heavy (non-hydrogen) atoms. The molecule has 7 aromatic rings. The molecule has 2 heteroatoms. The van der Waals surface area contributed by atoms with E-state index in [0.29, 0.717) is 0 Å². The van der Waals surface area contributed by atoms with Crippen LogP contribution in [0.15, 0.2) is 164 Å². The first-order chi connectivity index (χ1) is 22.2. The van der Waals surface area contributed by atoms with Crippen LogP contribution in [0.4, 0.5) is 11.4 Å². The Morgan fingerprint density at radius 1 is 0.533 bits per heavy atom. The Balaban J connectivity index is 1.16. The zero-order chi connectivity index (χ0) is 30.0. The summed E-state index contributed by atoms with van der Waals surface area (Å²) in [6.07, 6.45) is 5.81. The lowest BCUT2D eigenvalue weighted by Gasteiger charge is -2.40. The molecule has 0 saturated carbocycles. The molecule has 0 N–H and O–H groups in total. The number of rotatable bonds is 4. The van der Waals surface area contributed by atoms with Crippen molar-refractivity contribution >= 4 is 44.3 Å². The van der Waals surface area contributed by atoms with Gasteiger partial charge >= 0.3 is 0 Å². The number of para-hydroxylation sites is 3. The summed E-state index contributed by atoms with van der Waals surface area (Å²) in [5.74, 6) is 0. The van der Waals surface area contributed by atoms with Gasteiger partial charge in [-0.2, -0.15) is 0 Å². The molecule has 0 spiro atoms. The topological polar surface area (TPSA) is 8.17 Å². The highest BCUT2D eigenvalue weighted by Crippen LogP contribution is 2.55. The smallest absolute Gasteiger partial charge is 0.0716 e. The van der Waals surface area contributed by atoms with Gasteiger partial charge in [-0.1, -0.05) is 109 Å². The molecule has 0 bridgehead atoms. The second kappa shape index (κ2) is 9.97. The number of nitrogens with zero attached hydrogens (tertiary/aromatic N) is 2. The largest absolute Gasteiger partial charge is 0.331 e. The van der Waals surface area contributed by atoms with Crippen molar-refractivity contribution in [2.45, 2.75) is 18.9 Å². The predicted molar refractivity (Wildman–Crippen MR) is 190 cm³/mol. The molecule has 1 unspecified atom stereocenters. The highest BCUT2D eigenvalue weighted by atomic mass is 15.2. The standard InChI is InChI=1S/C43H32N2/c1-43-26-25-33(32-23-24-41-38(28-32)36-19-8-10-21-40(36)44(41)34-16-6-3-7-17-34)29-39(43)37-20-9-11-22-42(37)45(43)35-18-12-15-31(27-35)30-13-4-2-5-14-30/h2-25,27-29H,26H2,1H3. The Morgan fingerprint density at radius 2 is 1.22 bits per heavy atom. The van der Waals surface area contributed by atoms with E-state index in [1.165, 1.54) is 72.3 Å². The summed E-state index contributed by atoms with van der Waals surface area (Å²) in [6, 6.07) is 55.0. The van der Waals surface area contributed by atoms with Crippen molar-refractivity contribution in [2.24, 2.45) is 0 Å². The number of fused-ring (bicyclic) bond motifs is 6. The molecule has 2 heterocycles. The fourth-order valence-electron chi connectivity index (χ4n) is 7.62. The fourth-order valence-corrected chi connectivity index (χ4v) is 7.62. The molecule has 0 saturated heterocycles. The van der Waals surface area contributed by atoms with Gasteiger partial charge in [0.2, 0.25) is 0 Å². The summed E-state index contributed by atoms with van der Waals surface area (Å²) in [5, 5.41) is 2.56. The summed E-state index contributed by atoms with van der Waals surface area (Å²) in [6.45, 7) is 2.40. The monoisotopic (exact) mass is 576 g/mol. The molecule has 0 radical (unpaired) electrons. The van der Waals surface area contributed by atoms with Crippen molar-refractivity contribution in [2.75, 3.05) is 4.90 Å². The van der Waals surface area contributed by atoms with E-state index in [2.05, 4.69) is 180 Å². The van der Waals surface area contributed by atoms with Gasteiger partial charge in [-0.05, 0) is 95.8 Å². The molecular weight excluding hydrogens is 544 g/mol. The molecule has 2 aliphatic rings. The fraction of sp³-hybridized carbons (Fsp3) is 0.0698. The minimum absolute atomic E-state index is 0.185. The lowest BCUT2D eigenvalue weighted by atomic mass is 9.79. The highest BCUT2D eigenvalue weighted by Gasteiger charge is 2.45. The third-order valence-electron chi connectivity index (χ3n) is 9.76. The van der Waals surface area contributed by atoms with Crippen LogP contribution in [0, 0.1) is 0 Å². The van der Waals surface area contributed by atoms with E-state index in [1.54, 1.807) is 0 Å². The number of benzene rings is 6. The van der Waals surface area contributed by atoms with Gasteiger partial charge in [0.05, 0.1) is 16.6 Å². The van der Waals surface area contributed by atoms with Gasteiger partial charge in [0.15, 0.2) is 0 Å². The van der Waals surface area contributed by atoms with Crippen molar-refractivity contribution in [3.8, 4) is 16.8 Å². The van der Waals surface area contributed by atoms with Gasteiger partial charge in [0.25, 0.3) is 0 Å². The molecule has 0 fully saturated rings. The molecule has 2 nitrogen and oxygen atoms in total. The number of anilines is 2. The van der Waals surface area contributed by atoms with Crippen molar-refractivity contribution in [3.63, 3.8) is 0 Å². The van der Waals surface area contributed by atoms with Crippen LogP contribution in [0.3, 0.4) is 0 Å².